The van der Waals surface area contributed by atoms with Crippen molar-refractivity contribution >= 4 is 5.78 Å². The number of ether oxygens (including phenoxy) is 1. The number of carbonyl (C=O) groups excluding carboxylic acids is 1. The third-order valence-corrected chi connectivity index (χ3v) is 1.93. The number of rotatable bonds is 2. The second kappa shape index (κ2) is 3.56. The minimum absolute atomic E-state index is 0.157. The van der Waals surface area contributed by atoms with Crippen molar-refractivity contribution < 1.29 is 13.9 Å². The molecule has 70 valence electrons. The van der Waals surface area contributed by atoms with Crippen LogP contribution in [0.25, 0.3) is 0 Å². The van der Waals surface area contributed by atoms with E-state index in [1.165, 1.54) is 20.1 Å². The zero-order valence-electron chi connectivity index (χ0n) is 7.85. The standard InChI is InChI=1S/C10H11FO2/c1-6-9(7(2)12)4-8(13-3)5-10(6)11/h4-5H,1-3H3. The lowest BCUT2D eigenvalue weighted by atomic mass is 10.0. The van der Waals surface area contributed by atoms with Crippen LogP contribution in [-0.4, -0.2) is 12.9 Å². The maximum absolute atomic E-state index is 13.2. The van der Waals surface area contributed by atoms with Crippen molar-refractivity contribution in [3.05, 3.63) is 29.1 Å². The molecule has 0 saturated carbocycles. The van der Waals surface area contributed by atoms with Gasteiger partial charge in [0.15, 0.2) is 5.78 Å². The second-order valence-corrected chi connectivity index (χ2v) is 2.84. The monoisotopic (exact) mass is 182 g/mol. The van der Waals surface area contributed by atoms with Crippen LogP contribution in [0, 0.1) is 12.7 Å². The Balaban J connectivity index is 3.33. The highest BCUT2D eigenvalue weighted by Gasteiger charge is 2.10. The maximum atomic E-state index is 13.2. The molecular weight excluding hydrogens is 171 g/mol. The first kappa shape index (κ1) is 9.71. The number of Topliss-reactive ketones (excluding diaryl/α,β-unsaturated/α-hetero) is 1. The van der Waals surface area contributed by atoms with Gasteiger partial charge in [0.25, 0.3) is 0 Å². The minimum Gasteiger partial charge on any atom is -0.497 e. The van der Waals surface area contributed by atoms with E-state index in [1.54, 1.807) is 13.0 Å². The molecule has 0 spiro atoms. The van der Waals surface area contributed by atoms with Crippen LogP contribution in [0.4, 0.5) is 4.39 Å². The fourth-order valence-electron chi connectivity index (χ4n) is 1.14. The first-order chi connectivity index (χ1) is 6.06. The lowest BCUT2D eigenvalue weighted by molar-refractivity contribution is 0.101. The third kappa shape index (κ3) is 1.86. The molecule has 0 heterocycles. The molecule has 2 nitrogen and oxygen atoms in total. The molecular formula is C10H11FO2. The Labute approximate surface area is 76.3 Å². The Hall–Kier alpha value is -1.38. The molecule has 0 radical (unpaired) electrons. The highest BCUT2D eigenvalue weighted by atomic mass is 19.1. The van der Waals surface area contributed by atoms with Gasteiger partial charge < -0.3 is 4.74 Å². The molecule has 0 atom stereocenters. The molecule has 0 aliphatic rings. The molecule has 0 N–H and O–H groups in total. The average molecular weight is 182 g/mol. The summed E-state index contributed by atoms with van der Waals surface area (Å²) in [6, 6.07) is 2.81. The van der Waals surface area contributed by atoms with Gasteiger partial charge in [0, 0.05) is 11.6 Å². The lowest BCUT2D eigenvalue weighted by Gasteiger charge is -2.06. The summed E-state index contributed by atoms with van der Waals surface area (Å²) in [5.74, 6) is -0.201. The van der Waals surface area contributed by atoms with Gasteiger partial charge in [0.1, 0.15) is 11.6 Å². The van der Waals surface area contributed by atoms with Gasteiger partial charge in [-0.25, -0.2) is 4.39 Å². The van der Waals surface area contributed by atoms with Crippen molar-refractivity contribution in [2.24, 2.45) is 0 Å². The van der Waals surface area contributed by atoms with Crippen LogP contribution < -0.4 is 4.74 Å². The molecule has 1 aromatic rings. The van der Waals surface area contributed by atoms with Crippen LogP contribution in [-0.2, 0) is 0 Å². The van der Waals surface area contributed by atoms with Crippen molar-refractivity contribution in [2.45, 2.75) is 13.8 Å². The van der Waals surface area contributed by atoms with Crippen molar-refractivity contribution in [3.8, 4) is 5.75 Å². The first-order valence-corrected chi connectivity index (χ1v) is 3.91. The highest BCUT2D eigenvalue weighted by molar-refractivity contribution is 5.95. The van der Waals surface area contributed by atoms with Crippen LogP contribution in [0.2, 0.25) is 0 Å². The van der Waals surface area contributed by atoms with E-state index < -0.39 is 5.82 Å². The van der Waals surface area contributed by atoms with Crippen LogP contribution in [0.5, 0.6) is 5.75 Å². The van der Waals surface area contributed by atoms with Gasteiger partial charge in [0.05, 0.1) is 7.11 Å². The van der Waals surface area contributed by atoms with Crippen LogP contribution in [0.1, 0.15) is 22.8 Å². The van der Waals surface area contributed by atoms with E-state index >= 15 is 0 Å². The second-order valence-electron chi connectivity index (χ2n) is 2.84. The molecule has 0 amide bonds. The van der Waals surface area contributed by atoms with Crippen molar-refractivity contribution in [1.82, 2.24) is 0 Å². The molecule has 0 saturated heterocycles. The molecule has 0 aliphatic heterocycles. The zero-order chi connectivity index (χ0) is 10.0. The molecule has 0 fully saturated rings. The van der Waals surface area contributed by atoms with Gasteiger partial charge >= 0.3 is 0 Å². The van der Waals surface area contributed by atoms with E-state index in [4.69, 9.17) is 4.74 Å². The van der Waals surface area contributed by atoms with E-state index in [0.29, 0.717) is 16.9 Å². The Morgan fingerprint density at radius 2 is 2.08 bits per heavy atom. The van der Waals surface area contributed by atoms with Gasteiger partial charge in [0.2, 0.25) is 0 Å². The molecule has 0 bridgehead atoms. The Morgan fingerprint density at radius 3 is 2.54 bits per heavy atom. The van der Waals surface area contributed by atoms with Crippen molar-refractivity contribution in [1.29, 1.82) is 0 Å². The first-order valence-electron chi connectivity index (χ1n) is 3.91. The zero-order valence-corrected chi connectivity index (χ0v) is 7.85. The third-order valence-electron chi connectivity index (χ3n) is 1.93. The predicted molar refractivity (Wildman–Crippen MR) is 47.7 cm³/mol. The molecule has 3 heteroatoms. The molecule has 1 aromatic carbocycles. The van der Waals surface area contributed by atoms with Crippen molar-refractivity contribution in [3.63, 3.8) is 0 Å². The van der Waals surface area contributed by atoms with Crippen LogP contribution >= 0.6 is 0 Å². The van der Waals surface area contributed by atoms with Gasteiger partial charge in [-0.2, -0.15) is 0 Å². The molecule has 0 aromatic heterocycles. The van der Waals surface area contributed by atoms with Gasteiger partial charge in [-0.3, -0.25) is 4.79 Å². The summed E-state index contributed by atoms with van der Waals surface area (Å²) in [6.45, 7) is 2.98. The summed E-state index contributed by atoms with van der Waals surface area (Å²) in [6.07, 6.45) is 0. The Kier molecular flexibility index (Phi) is 2.66. The van der Waals surface area contributed by atoms with E-state index in [-0.39, 0.29) is 5.78 Å². The fraction of sp³-hybridized carbons (Fsp3) is 0.300. The summed E-state index contributed by atoms with van der Waals surface area (Å²) in [7, 11) is 1.44. The Morgan fingerprint density at radius 1 is 1.46 bits per heavy atom. The van der Waals surface area contributed by atoms with Gasteiger partial charge in [-0.15, -0.1) is 0 Å². The van der Waals surface area contributed by atoms with E-state index in [0.717, 1.165) is 0 Å². The predicted octanol–water partition coefficient (Wildman–Crippen LogP) is 2.35. The van der Waals surface area contributed by atoms with Crippen molar-refractivity contribution in [2.75, 3.05) is 7.11 Å². The minimum atomic E-state index is -0.412. The number of hydrogen-bond donors (Lipinski definition) is 0. The average Bonchev–Trinajstić information content (AvgIpc) is 2.09. The molecule has 0 aliphatic carbocycles. The highest BCUT2D eigenvalue weighted by Crippen LogP contribution is 2.20. The smallest absolute Gasteiger partial charge is 0.160 e. The number of ketones is 1. The summed E-state index contributed by atoms with van der Waals surface area (Å²) in [5, 5.41) is 0. The van der Waals surface area contributed by atoms with Gasteiger partial charge in [-0.1, -0.05) is 0 Å². The summed E-state index contributed by atoms with van der Waals surface area (Å²) >= 11 is 0. The largest absolute Gasteiger partial charge is 0.497 e. The number of hydrogen-bond acceptors (Lipinski definition) is 2. The number of halogens is 1. The number of carbonyl (C=O) groups is 1. The molecule has 13 heavy (non-hydrogen) atoms. The van der Waals surface area contributed by atoms with E-state index in [1.807, 2.05) is 0 Å². The van der Waals surface area contributed by atoms with Crippen LogP contribution in [0.15, 0.2) is 12.1 Å². The summed E-state index contributed by atoms with van der Waals surface area (Å²) in [4.78, 5) is 11.1. The normalized spacial score (nSPS) is 9.85. The van der Waals surface area contributed by atoms with E-state index in [2.05, 4.69) is 0 Å². The Bertz CT molecular complexity index is 345. The number of methoxy groups -OCH3 is 1. The molecule has 0 unspecified atom stereocenters. The maximum Gasteiger partial charge on any atom is 0.160 e. The lowest BCUT2D eigenvalue weighted by Crippen LogP contribution is -2.00. The number of benzene rings is 1. The van der Waals surface area contributed by atoms with E-state index in [9.17, 15) is 9.18 Å². The topological polar surface area (TPSA) is 26.3 Å². The fourth-order valence-corrected chi connectivity index (χ4v) is 1.14. The van der Waals surface area contributed by atoms with Crippen LogP contribution in [0.3, 0.4) is 0 Å². The summed E-state index contributed by atoms with van der Waals surface area (Å²) in [5.41, 5.74) is 0.741. The SMILES string of the molecule is COc1cc(F)c(C)c(C(C)=O)c1. The molecule has 1 rings (SSSR count). The summed E-state index contributed by atoms with van der Waals surface area (Å²) < 4.78 is 18.0. The quantitative estimate of drug-likeness (QED) is 0.656. The van der Waals surface area contributed by atoms with Gasteiger partial charge in [-0.05, 0) is 25.5 Å².